The Hall–Kier alpha value is -0.660. The summed E-state index contributed by atoms with van der Waals surface area (Å²) in [4.78, 5) is 20.3. The summed E-state index contributed by atoms with van der Waals surface area (Å²) in [5.74, 6) is 0.0241. The van der Waals surface area contributed by atoms with Crippen LogP contribution in [0.3, 0.4) is 0 Å². The molecule has 2 unspecified atom stereocenters. The second-order valence-corrected chi connectivity index (χ2v) is 7.24. The highest BCUT2D eigenvalue weighted by atomic mass is 35.5. The summed E-state index contributed by atoms with van der Waals surface area (Å²) < 4.78 is 0. The lowest BCUT2D eigenvalue weighted by atomic mass is 9.96. The smallest absolute Gasteiger partial charge is 0.273 e. The number of hydrogen-bond acceptors (Lipinski definition) is 5. The standard InChI is InChI=1S/C15H19N3OS2.2ClH/c1-10(16)12-5-2-3-7-18(12)15(19)11-9-21-14(17-11)13-6-4-8-20-13;;/h4,6,8-10,12H,2-3,5,7,16H2,1H3;2*1H. The molecule has 128 valence electrons. The monoisotopic (exact) mass is 393 g/mol. The van der Waals surface area contributed by atoms with Gasteiger partial charge in [-0.2, -0.15) is 0 Å². The third-order valence-corrected chi connectivity index (χ3v) is 5.75. The number of rotatable bonds is 3. The highest BCUT2D eigenvalue weighted by Gasteiger charge is 2.31. The number of amides is 1. The molecule has 0 aliphatic carbocycles. The van der Waals surface area contributed by atoms with E-state index in [2.05, 4.69) is 4.98 Å². The van der Waals surface area contributed by atoms with E-state index < -0.39 is 0 Å². The maximum absolute atomic E-state index is 12.7. The van der Waals surface area contributed by atoms with Crippen LogP contribution >= 0.6 is 47.5 Å². The Morgan fingerprint density at radius 1 is 1.39 bits per heavy atom. The molecule has 1 saturated heterocycles. The Morgan fingerprint density at radius 2 is 2.17 bits per heavy atom. The number of piperidine rings is 1. The molecule has 4 nitrogen and oxygen atoms in total. The van der Waals surface area contributed by atoms with Crippen molar-refractivity contribution in [2.24, 2.45) is 5.73 Å². The van der Waals surface area contributed by atoms with Crippen LogP contribution < -0.4 is 5.73 Å². The molecule has 23 heavy (non-hydrogen) atoms. The van der Waals surface area contributed by atoms with E-state index in [-0.39, 0.29) is 42.8 Å². The van der Waals surface area contributed by atoms with Gasteiger partial charge in [-0.1, -0.05) is 6.07 Å². The first-order valence-corrected chi connectivity index (χ1v) is 8.98. The number of likely N-dealkylation sites (tertiary alicyclic amines) is 1. The fraction of sp³-hybridized carbons (Fsp3) is 0.467. The average molecular weight is 394 g/mol. The molecule has 1 aliphatic rings. The Kier molecular flexibility index (Phi) is 7.97. The minimum Gasteiger partial charge on any atom is -0.333 e. The number of hydrogen-bond donors (Lipinski definition) is 1. The molecule has 8 heteroatoms. The SMILES string of the molecule is CC(N)C1CCCCN1C(=O)c1csc(-c2cccs2)n1.Cl.Cl. The van der Waals surface area contributed by atoms with Crippen LogP contribution in [0.4, 0.5) is 0 Å². The summed E-state index contributed by atoms with van der Waals surface area (Å²) in [6, 6.07) is 4.17. The van der Waals surface area contributed by atoms with Crippen LogP contribution in [0.2, 0.25) is 0 Å². The zero-order chi connectivity index (χ0) is 14.8. The number of carbonyl (C=O) groups is 1. The molecule has 2 aromatic heterocycles. The van der Waals surface area contributed by atoms with Gasteiger partial charge in [-0.05, 0) is 37.6 Å². The molecule has 0 saturated carbocycles. The molecule has 2 aromatic rings. The molecule has 1 aliphatic heterocycles. The first-order chi connectivity index (χ1) is 10.2. The minimum absolute atomic E-state index is 0. The normalized spacial score (nSPS) is 18.7. The van der Waals surface area contributed by atoms with E-state index in [0.717, 1.165) is 35.7 Å². The van der Waals surface area contributed by atoms with Crippen molar-refractivity contribution in [3.05, 3.63) is 28.6 Å². The van der Waals surface area contributed by atoms with Gasteiger partial charge in [0.1, 0.15) is 10.7 Å². The highest BCUT2D eigenvalue weighted by Crippen LogP contribution is 2.29. The van der Waals surface area contributed by atoms with Crippen molar-refractivity contribution in [2.45, 2.75) is 38.3 Å². The van der Waals surface area contributed by atoms with E-state index >= 15 is 0 Å². The number of aromatic nitrogens is 1. The lowest BCUT2D eigenvalue weighted by Gasteiger charge is -2.37. The summed E-state index contributed by atoms with van der Waals surface area (Å²) in [6.07, 6.45) is 3.19. The van der Waals surface area contributed by atoms with E-state index in [1.54, 1.807) is 11.3 Å². The maximum Gasteiger partial charge on any atom is 0.273 e. The van der Waals surface area contributed by atoms with Crippen molar-refractivity contribution >= 4 is 53.4 Å². The number of thiophene rings is 1. The zero-order valence-electron chi connectivity index (χ0n) is 12.8. The number of nitrogens with two attached hydrogens (primary N) is 1. The van der Waals surface area contributed by atoms with Crippen molar-refractivity contribution in [1.29, 1.82) is 0 Å². The predicted octanol–water partition coefficient (Wildman–Crippen LogP) is 4.06. The van der Waals surface area contributed by atoms with E-state index in [9.17, 15) is 4.79 Å². The van der Waals surface area contributed by atoms with Gasteiger partial charge in [-0.3, -0.25) is 4.79 Å². The minimum atomic E-state index is 0. The number of thiazole rings is 1. The van der Waals surface area contributed by atoms with Gasteiger partial charge >= 0.3 is 0 Å². The van der Waals surface area contributed by atoms with Crippen LogP contribution in [0.15, 0.2) is 22.9 Å². The largest absolute Gasteiger partial charge is 0.333 e. The van der Waals surface area contributed by atoms with Gasteiger partial charge in [0.2, 0.25) is 0 Å². The molecule has 1 amide bonds. The van der Waals surface area contributed by atoms with Crippen LogP contribution in [0, 0.1) is 0 Å². The van der Waals surface area contributed by atoms with Crippen LogP contribution in [0.25, 0.3) is 9.88 Å². The Bertz CT molecular complexity index is 616. The molecule has 3 rings (SSSR count). The molecule has 0 bridgehead atoms. The molecule has 1 fully saturated rings. The number of nitrogens with zero attached hydrogens (tertiary/aromatic N) is 2. The summed E-state index contributed by atoms with van der Waals surface area (Å²) in [7, 11) is 0. The third kappa shape index (κ3) is 4.45. The van der Waals surface area contributed by atoms with Crippen molar-refractivity contribution < 1.29 is 4.79 Å². The van der Waals surface area contributed by atoms with E-state index in [0.29, 0.717) is 5.69 Å². The number of carbonyl (C=O) groups excluding carboxylic acids is 1. The van der Waals surface area contributed by atoms with Gasteiger partial charge in [0.25, 0.3) is 5.91 Å². The van der Waals surface area contributed by atoms with Crippen molar-refractivity contribution in [2.75, 3.05) is 6.54 Å². The van der Waals surface area contributed by atoms with Crippen LogP contribution in [-0.4, -0.2) is 34.4 Å². The van der Waals surface area contributed by atoms with Crippen molar-refractivity contribution in [3.63, 3.8) is 0 Å². The molecule has 0 spiro atoms. The average Bonchev–Trinajstić information content (AvgIpc) is 3.17. The predicted molar refractivity (Wildman–Crippen MR) is 102 cm³/mol. The second-order valence-electron chi connectivity index (χ2n) is 5.44. The summed E-state index contributed by atoms with van der Waals surface area (Å²) >= 11 is 3.17. The van der Waals surface area contributed by atoms with Crippen LogP contribution in [0.1, 0.15) is 36.7 Å². The van der Waals surface area contributed by atoms with E-state index in [1.165, 1.54) is 11.3 Å². The van der Waals surface area contributed by atoms with E-state index in [4.69, 9.17) is 5.73 Å². The summed E-state index contributed by atoms with van der Waals surface area (Å²) in [5.41, 5.74) is 6.60. The molecular weight excluding hydrogens is 373 g/mol. The van der Waals surface area contributed by atoms with Gasteiger partial charge in [0.15, 0.2) is 0 Å². The van der Waals surface area contributed by atoms with Gasteiger partial charge in [-0.15, -0.1) is 47.5 Å². The Labute approximate surface area is 156 Å². The van der Waals surface area contributed by atoms with Crippen LogP contribution in [-0.2, 0) is 0 Å². The third-order valence-electron chi connectivity index (χ3n) is 3.87. The van der Waals surface area contributed by atoms with Gasteiger partial charge in [0.05, 0.1) is 4.88 Å². The topological polar surface area (TPSA) is 59.2 Å². The molecule has 3 heterocycles. The van der Waals surface area contributed by atoms with Crippen molar-refractivity contribution in [1.82, 2.24) is 9.88 Å². The zero-order valence-corrected chi connectivity index (χ0v) is 16.1. The molecule has 0 aromatic carbocycles. The maximum atomic E-state index is 12.7. The first-order valence-electron chi connectivity index (χ1n) is 7.23. The molecule has 2 N–H and O–H groups in total. The lowest BCUT2D eigenvalue weighted by Crippen LogP contribution is -2.51. The Morgan fingerprint density at radius 3 is 2.83 bits per heavy atom. The summed E-state index contributed by atoms with van der Waals surface area (Å²) in [5, 5.41) is 4.81. The molecule has 2 atom stereocenters. The fourth-order valence-electron chi connectivity index (χ4n) is 2.79. The quantitative estimate of drug-likeness (QED) is 0.854. The van der Waals surface area contributed by atoms with Gasteiger partial charge in [0, 0.05) is 24.0 Å². The number of halogens is 2. The first kappa shape index (κ1) is 20.4. The van der Waals surface area contributed by atoms with Crippen molar-refractivity contribution in [3.8, 4) is 9.88 Å². The van der Waals surface area contributed by atoms with E-state index in [1.807, 2.05) is 34.7 Å². The van der Waals surface area contributed by atoms with Gasteiger partial charge in [-0.25, -0.2) is 4.98 Å². The molecule has 0 radical (unpaired) electrons. The highest BCUT2D eigenvalue weighted by molar-refractivity contribution is 7.20. The van der Waals surface area contributed by atoms with Gasteiger partial charge < -0.3 is 10.6 Å². The van der Waals surface area contributed by atoms with Crippen LogP contribution in [0.5, 0.6) is 0 Å². The molecular formula is C15H21Cl2N3OS2. The lowest BCUT2D eigenvalue weighted by molar-refractivity contribution is 0.0578. The second kappa shape index (κ2) is 8.99. The Balaban J connectivity index is 0.00000132. The summed E-state index contributed by atoms with van der Waals surface area (Å²) in [6.45, 7) is 2.77. The fourth-order valence-corrected chi connectivity index (χ4v) is 4.40.